The van der Waals surface area contributed by atoms with Crippen LogP contribution in [0.15, 0.2) is 12.1 Å². The van der Waals surface area contributed by atoms with E-state index < -0.39 is 0 Å². The number of aryl methyl sites for hydroxylation is 2. The normalized spacial score (nSPS) is 9.18. The minimum Gasteiger partial charge on any atom is -0.192 e. The van der Waals surface area contributed by atoms with Crippen LogP contribution in [-0.2, 0) is 0 Å². The molecule has 1 aromatic rings. The van der Waals surface area contributed by atoms with E-state index in [-0.39, 0.29) is 0 Å². The third kappa shape index (κ3) is 1.43. The van der Waals surface area contributed by atoms with Crippen LogP contribution in [-0.4, -0.2) is 7.85 Å². The second-order valence-electron chi connectivity index (χ2n) is 2.64. The standard InChI is InChI=1S/C9H8BN/c1-6-4-9(10)7(2)3-8(6)5-11/h3-4H,1-2H3. The Morgan fingerprint density at radius 2 is 1.91 bits per heavy atom. The Bertz CT molecular complexity index is 323. The molecule has 0 aliphatic rings. The van der Waals surface area contributed by atoms with Gasteiger partial charge in [-0.3, -0.25) is 0 Å². The van der Waals surface area contributed by atoms with Crippen molar-refractivity contribution in [2.45, 2.75) is 13.8 Å². The smallest absolute Gasteiger partial charge is 0.114 e. The summed E-state index contributed by atoms with van der Waals surface area (Å²) in [6, 6.07) is 5.75. The van der Waals surface area contributed by atoms with Crippen molar-refractivity contribution in [2.75, 3.05) is 0 Å². The zero-order valence-electron chi connectivity index (χ0n) is 6.68. The van der Waals surface area contributed by atoms with Crippen LogP contribution in [0.2, 0.25) is 0 Å². The van der Waals surface area contributed by atoms with E-state index in [1.54, 1.807) is 0 Å². The van der Waals surface area contributed by atoms with Gasteiger partial charge < -0.3 is 0 Å². The van der Waals surface area contributed by atoms with E-state index in [2.05, 4.69) is 6.07 Å². The monoisotopic (exact) mass is 141 g/mol. The summed E-state index contributed by atoms with van der Waals surface area (Å²) < 4.78 is 0. The first-order valence-corrected chi connectivity index (χ1v) is 3.42. The SMILES string of the molecule is [B]c1cc(C)c(C#N)cc1C. The van der Waals surface area contributed by atoms with E-state index in [0.29, 0.717) is 5.56 Å². The maximum absolute atomic E-state index is 8.64. The van der Waals surface area contributed by atoms with Gasteiger partial charge in [-0.25, -0.2) is 0 Å². The van der Waals surface area contributed by atoms with Crippen molar-refractivity contribution in [1.82, 2.24) is 0 Å². The lowest BCUT2D eigenvalue weighted by Gasteiger charge is -2.02. The van der Waals surface area contributed by atoms with Gasteiger partial charge in [0.1, 0.15) is 7.85 Å². The number of hydrogen-bond acceptors (Lipinski definition) is 1. The molecule has 0 fully saturated rings. The van der Waals surface area contributed by atoms with Gasteiger partial charge in [0.15, 0.2) is 0 Å². The first-order chi connectivity index (χ1) is 5.15. The maximum Gasteiger partial charge on any atom is 0.114 e. The Balaban J connectivity index is 3.35. The lowest BCUT2D eigenvalue weighted by Crippen LogP contribution is -2.08. The van der Waals surface area contributed by atoms with Crippen molar-refractivity contribution in [3.63, 3.8) is 0 Å². The quantitative estimate of drug-likeness (QED) is 0.493. The lowest BCUT2D eigenvalue weighted by molar-refractivity contribution is 1.37. The van der Waals surface area contributed by atoms with Crippen molar-refractivity contribution in [3.05, 3.63) is 28.8 Å². The highest BCUT2D eigenvalue weighted by molar-refractivity contribution is 6.33. The second-order valence-corrected chi connectivity index (χ2v) is 2.64. The zero-order chi connectivity index (χ0) is 8.43. The lowest BCUT2D eigenvalue weighted by atomic mass is 9.88. The third-order valence-electron chi connectivity index (χ3n) is 1.73. The molecular weight excluding hydrogens is 133 g/mol. The number of hydrogen-bond donors (Lipinski definition) is 0. The van der Waals surface area contributed by atoms with E-state index >= 15 is 0 Å². The Morgan fingerprint density at radius 1 is 1.27 bits per heavy atom. The summed E-state index contributed by atoms with van der Waals surface area (Å²) in [7, 11) is 5.63. The summed E-state index contributed by atoms with van der Waals surface area (Å²) in [5.41, 5.74) is 3.36. The van der Waals surface area contributed by atoms with Crippen LogP contribution in [0.3, 0.4) is 0 Å². The fraction of sp³-hybridized carbons (Fsp3) is 0.222. The Kier molecular flexibility index (Phi) is 2.00. The molecular formula is C9H8BN. The van der Waals surface area contributed by atoms with Crippen molar-refractivity contribution in [2.24, 2.45) is 0 Å². The molecule has 2 heteroatoms. The molecule has 1 nitrogen and oxygen atoms in total. The summed E-state index contributed by atoms with van der Waals surface area (Å²) in [5, 5.41) is 8.64. The number of benzene rings is 1. The highest BCUT2D eigenvalue weighted by Gasteiger charge is 1.98. The van der Waals surface area contributed by atoms with Gasteiger partial charge in [-0.05, 0) is 25.5 Å². The summed E-state index contributed by atoms with van der Waals surface area (Å²) in [6.45, 7) is 3.78. The number of nitrogens with zero attached hydrogens (tertiary/aromatic N) is 1. The molecule has 11 heavy (non-hydrogen) atoms. The molecule has 0 N–H and O–H groups in total. The zero-order valence-corrected chi connectivity index (χ0v) is 6.68. The molecule has 0 unspecified atom stereocenters. The highest BCUT2D eigenvalue weighted by atomic mass is 14.2. The van der Waals surface area contributed by atoms with Gasteiger partial charge in [0.05, 0.1) is 11.6 Å². The van der Waals surface area contributed by atoms with Crippen molar-refractivity contribution in [3.8, 4) is 6.07 Å². The molecule has 0 aliphatic heterocycles. The highest BCUT2D eigenvalue weighted by Crippen LogP contribution is 2.06. The largest absolute Gasteiger partial charge is 0.192 e. The van der Waals surface area contributed by atoms with Crippen LogP contribution < -0.4 is 5.46 Å². The van der Waals surface area contributed by atoms with Crippen LogP contribution in [0.1, 0.15) is 16.7 Å². The molecule has 2 radical (unpaired) electrons. The minimum atomic E-state index is 0.705. The maximum atomic E-state index is 8.64. The van der Waals surface area contributed by atoms with Crippen LogP contribution in [0.4, 0.5) is 0 Å². The van der Waals surface area contributed by atoms with E-state index in [4.69, 9.17) is 13.1 Å². The van der Waals surface area contributed by atoms with Crippen molar-refractivity contribution in [1.29, 1.82) is 5.26 Å². The fourth-order valence-corrected chi connectivity index (χ4v) is 0.959. The first-order valence-electron chi connectivity index (χ1n) is 3.42. The van der Waals surface area contributed by atoms with Gasteiger partial charge in [-0.15, -0.1) is 0 Å². The van der Waals surface area contributed by atoms with E-state index in [9.17, 15) is 0 Å². The Morgan fingerprint density at radius 3 is 2.45 bits per heavy atom. The summed E-state index contributed by atoms with van der Waals surface area (Å²) in [6.07, 6.45) is 0. The molecule has 0 saturated carbocycles. The molecule has 0 bridgehead atoms. The van der Waals surface area contributed by atoms with Crippen LogP contribution in [0.25, 0.3) is 0 Å². The van der Waals surface area contributed by atoms with Crippen LogP contribution >= 0.6 is 0 Å². The van der Waals surface area contributed by atoms with Crippen LogP contribution in [0, 0.1) is 25.2 Å². The average molecular weight is 141 g/mol. The predicted molar refractivity (Wildman–Crippen MR) is 46.0 cm³/mol. The molecule has 0 heterocycles. The third-order valence-corrected chi connectivity index (χ3v) is 1.73. The molecule has 0 saturated heterocycles. The summed E-state index contributed by atoms with van der Waals surface area (Å²) in [5.74, 6) is 0. The Hall–Kier alpha value is -1.23. The van der Waals surface area contributed by atoms with Gasteiger partial charge in [0.2, 0.25) is 0 Å². The van der Waals surface area contributed by atoms with Gasteiger partial charge in [-0.1, -0.05) is 17.1 Å². The molecule has 0 aromatic heterocycles. The Labute approximate surface area is 68.1 Å². The molecule has 1 rings (SSSR count). The summed E-state index contributed by atoms with van der Waals surface area (Å²) in [4.78, 5) is 0. The summed E-state index contributed by atoms with van der Waals surface area (Å²) >= 11 is 0. The van der Waals surface area contributed by atoms with Gasteiger partial charge in [0, 0.05) is 0 Å². The molecule has 0 amide bonds. The minimum absolute atomic E-state index is 0.705. The van der Waals surface area contributed by atoms with Crippen LogP contribution in [0.5, 0.6) is 0 Å². The van der Waals surface area contributed by atoms with E-state index in [0.717, 1.165) is 16.6 Å². The average Bonchev–Trinajstić information content (AvgIpc) is 1.97. The fourth-order valence-electron chi connectivity index (χ4n) is 0.959. The number of nitriles is 1. The van der Waals surface area contributed by atoms with Crippen molar-refractivity contribution >= 4 is 13.3 Å². The number of rotatable bonds is 0. The van der Waals surface area contributed by atoms with E-state index in [1.807, 2.05) is 26.0 Å². The van der Waals surface area contributed by atoms with Gasteiger partial charge in [0.25, 0.3) is 0 Å². The topological polar surface area (TPSA) is 23.8 Å². The molecule has 0 spiro atoms. The molecule has 0 atom stereocenters. The van der Waals surface area contributed by atoms with E-state index in [1.165, 1.54) is 0 Å². The predicted octanol–water partition coefficient (Wildman–Crippen LogP) is 0.969. The van der Waals surface area contributed by atoms with Crippen molar-refractivity contribution < 1.29 is 0 Å². The second kappa shape index (κ2) is 2.80. The van der Waals surface area contributed by atoms with Gasteiger partial charge in [-0.2, -0.15) is 5.26 Å². The molecule has 1 aromatic carbocycles. The first kappa shape index (κ1) is 7.88. The van der Waals surface area contributed by atoms with Gasteiger partial charge >= 0.3 is 0 Å². The molecule has 0 aliphatic carbocycles. The molecule has 52 valence electrons.